The summed E-state index contributed by atoms with van der Waals surface area (Å²) < 4.78 is 33.2. The van der Waals surface area contributed by atoms with E-state index in [1.165, 1.54) is 7.05 Å². The van der Waals surface area contributed by atoms with E-state index < -0.39 is 27.0 Å². The Balaban J connectivity index is 0.00000512. The number of aromatic nitrogens is 2. The summed E-state index contributed by atoms with van der Waals surface area (Å²) >= 11 is 6.23. The van der Waals surface area contributed by atoms with Crippen LogP contribution in [0.1, 0.15) is 68.1 Å². The van der Waals surface area contributed by atoms with Gasteiger partial charge in [0.05, 0.1) is 6.61 Å². The van der Waals surface area contributed by atoms with Gasteiger partial charge in [0.2, 0.25) is 0 Å². The Hall–Kier alpha value is -1.59. The zero-order valence-corrected chi connectivity index (χ0v) is 19.9. The zero-order chi connectivity index (χ0) is 23.5. The summed E-state index contributed by atoms with van der Waals surface area (Å²) in [5, 5.41) is 6.52. The summed E-state index contributed by atoms with van der Waals surface area (Å²) in [4.78, 5) is 24.5. The van der Waals surface area contributed by atoms with Gasteiger partial charge in [-0.3, -0.25) is 4.68 Å². The molecule has 0 fully saturated rings. The van der Waals surface area contributed by atoms with Crippen molar-refractivity contribution in [1.82, 2.24) is 14.5 Å². The number of halogens is 1. The second kappa shape index (κ2) is 11.5. The average Bonchev–Trinajstić information content (AvgIpc) is 3.05. The number of nitrogens with zero attached hydrogens (tertiary/aromatic N) is 2. The van der Waals surface area contributed by atoms with Crippen molar-refractivity contribution in [3.63, 3.8) is 0 Å². The maximum absolute atomic E-state index is 12.6. The summed E-state index contributed by atoms with van der Waals surface area (Å²) in [6.07, 6.45) is 0. The summed E-state index contributed by atoms with van der Waals surface area (Å²) in [5.74, 6) is -0.648. The van der Waals surface area contributed by atoms with E-state index in [1.807, 2.05) is 32.4 Å². The van der Waals surface area contributed by atoms with Gasteiger partial charge in [0, 0.05) is 23.8 Å². The van der Waals surface area contributed by atoms with Gasteiger partial charge in [-0.1, -0.05) is 39.3 Å². The number of urea groups is 1. The number of hydrogen-bond acceptors (Lipinski definition) is 6. The number of anilines is 1. The molecule has 0 radical (unpaired) electrons. The molecule has 32 heavy (non-hydrogen) atoms. The molecule has 2 amide bonds. The van der Waals surface area contributed by atoms with Crippen molar-refractivity contribution < 1.29 is 22.7 Å². The Kier molecular flexibility index (Phi) is 10.2. The Morgan fingerprint density at radius 2 is 1.66 bits per heavy atom. The van der Waals surface area contributed by atoms with Crippen LogP contribution in [0.3, 0.4) is 0 Å². The van der Waals surface area contributed by atoms with E-state index in [0.717, 1.165) is 21.9 Å². The molecule has 0 saturated carbocycles. The van der Waals surface area contributed by atoms with E-state index in [9.17, 15) is 18.0 Å². The normalized spacial score (nSPS) is 11.3. The first kappa shape index (κ1) is 28.4. The molecule has 0 atom stereocenters. The predicted octanol–water partition coefficient (Wildman–Crippen LogP) is 3.36. The van der Waals surface area contributed by atoms with Gasteiger partial charge in [0.25, 0.3) is 10.0 Å². The standard InChI is InChI=1S/C20H27ClN4O5S.Na.H/c1-7-30-19(26)16-10-17(23-25(16)6)31(28,29)24-20(27)22-18-14(11(2)3)8-13(21)9-15(18)12(4)5;;/h8-12H,7H2,1-6H3,(H2,22,24,27);;. The van der Waals surface area contributed by atoms with Crippen LogP contribution in [-0.2, 0) is 21.8 Å². The molecule has 1 aromatic carbocycles. The fourth-order valence-corrected chi connectivity index (χ4v) is 4.12. The van der Waals surface area contributed by atoms with Gasteiger partial charge in [-0.2, -0.15) is 13.5 Å². The van der Waals surface area contributed by atoms with E-state index in [0.29, 0.717) is 10.7 Å². The van der Waals surface area contributed by atoms with Crippen LogP contribution >= 0.6 is 11.6 Å². The molecule has 2 rings (SSSR count). The van der Waals surface area contributed by atoms with Crippen LogP contribution in [0, 0.1) is 0 Å². The number of esters is 1. The van der Waals surface area contributed by atoms with Crippen molar-refractivity contribution in [1.29, 1.82) is 0 Å². The number of aryl methyl sites for hydroxylation is 1. The van der Waals surface area contributed by atoms with E-state index in [1.54, 1.807) is 19.1 Å². The molecule has 0 aliphatic heterocycles. The van der Waals surface area contributed by atoms with Gasteiger partial charge in [0.1, 0.15) is 5.69 Å². The summed E-state index contributed by atoms with van der Waals surface area (Å²) in [6.45, 7) is 9.54. The molecule has 1 aromatic heterocycles. The third kappa shape index (κ3) is 6.71. The fraction of sp³-hybridized carbons (Fsp3) is 0.450. The van der Waals surface area contributed by atoms with Gasteiger partial charge in [-0.25, -0.2) is 14.3 Å². The van der Waals surface area contributed by atoms with Crippen LogP contribution in [-0.4, -0.2) is 66.4 Å². The molecule has 172 valence electrons. The number of carbonyl (C=O) groups excluding carboxylic acids is 2. The van der Waals surface area contributed by atoms with Crippen molar-refractivity contribution >= 4 is 68.9 Å². The van der Waals surface area contributed by atoms with Gasteiger partial charge < -0.3 is 10.1 Å². The molecule has 0 aliphatic carbocycles. The van der Waals surface area contributed by atoms with Crippen molar-refractivity contribution in [3.8, 4) is 0 Å². The summed E-state index contributed by atoms with van der Waals surface area (Å²) in [6, 6.07) is 3.59. The second-order valence-electron chi connectivity index (χ2n) is 7.54. The van der Waals surface area contributed by atoms with Crippen LogP contribution < -0.4 is 10.0 Å². The van der Waals surface area contributed by atoms with Crippen LogP contribution in [0.25, 0.3) is 0 Å². The third-order valence-electron chi connectivity index (χ3n) is 4.49. The molecule has 2 N–H and O–H groups in total. The minimum absolute atomic E-state index is 0. The van der Waals surface area contributed by atoms with Crippen LogP contribution in [0.5, 0.6) is 0 Å². The number of amides is 2. The van der Waals surface area contributed by atoms with Crippen LogP contribution in [0.2, 0.25) is 5.02 Å². The van der Waals surface area contributed by atoms with E-state index in [-0.39, 0.29) is 53.7 Å². The molecule has 9 nitrogen and oxygen atoms in total. The first-order valence-corrected chi connectivity index (χ1v) is 11.6. The molecule has 0 spiro atoms. The summed E-state index contributed by atoms with van der Waals surface area (Å²) in [7, 11) is -2.93. The number of rotatable bonds is 7. The summed E-state index contributed by atoms with van der Waals surface area (Å²) in [5.41, 5.74) is 2.03. The SMILES string of the molecule is CCOC(=O)c1cc(S(=O)(=O)NC(=O)Nc2c(C(C)C)cc(Cl)cc2C(C)C)nn1C.[NaH]. The van der Waals surface area contributed by atoms with Gasteiger partial charge in [0.15, 0.2) is 5.03 Å². The van der Waals surface area contributed by atoms with Crippen LogP contribution in [0.4, 0.5) is 10.5 Å². The van der Waals surface area contributed by atoms with Gasteiger partial charge in [-0.05, 0) is 42.0 Å². The molecule has 12 heteroatoms. The monoisotopic (exact) mass is 494 g/mol. The Morgan fingerprint density at radius 3 is 2.12 bits per heavy atom. The quantitative estimate of drug-likeness (QED) is 0.450. The maximum atomic E-state index is 12.6. The molecular weight excluding hydrogens is 467 g/mol. The molecular formula is C20H28ClN4NaO5S. The van der Waals surface area contributed by atoms with Crippen LogP contribution in [0.15, 0.2) is 23.2 Å². The first-order valence-electron chi connectivity index (χ1n) is 9.75. The number of sulfonamides is 1. The molecule has 0 saturated heterocycles. The predicted molar refractivity (Wildman–Crippen MR) is 125 cm³/mol. The topological polar surface area (TPSA) is 119 Å². The van der Waals surface area contributed by atoms with Crippen molar-refractivity contribution in [2.24, 2.45) is 7.05 Å². The number of hydrogen-bond donors (Lipinski definition) is 2. The first-order chi connectivity index (χ1) is 14.4. The number of benzene rings is 1. The third-order valence-corrected chi connectivity index (χ3v) is 5.91. The number of ether oxygens (including phenoxy) is 1. The minimum atomic E-state index is -4.33. The van der Waals surface area contributed by atoms with Crippen molar-refractivity contribution in [2.45, 2.75) is 51.5 Å². The Labute approximate surface area is 215 Å². The van der Waals surface area contributed by atoms with Gasteiger partial charge in [-0.15, -0.1) is 0 Å². The second-order valence-corrected chi connectivity index (χ2v) is 9.61. The molecule has 0 aliphatic rings. The molecule has 0 bridgehead atoms. The zero-order valence-electron chi connectivity index (χ0n) is 18.3. The van der Waals surface area contributed by atoms with E-state index in [4.69, 9.17) is 16.3 Å². The Bertz CT molecular complexity index is 1070. The molecule has 1 heterocycles. The van der Waals surface area contributed by atoms with Gasteiger partial charge >= 0.3 is 41.6 Å². The molecule has 2 aromatic rings. The fourth-order valence-electron chi connectivity index (χ4n) is 2.99. The van der Waals surface area contributed by atoms with E-state index in [2.05, 4.69) is 10.4 Å². The molecule has 0 unspecified atom stereocenters. The van der Waals surface area contributed by atoms with Crippen molar-refractivity contribution in [2.75, 3.05) is 11.9 Å². The number of carbonyl (C=O) groups is 2. The Morgan fingerprint density at radius 1 is 1.12 bits per heavy atom. The van der Waals surface area contributed by atoms with E-state index >= 15 is 0 Å². The average molecular weight is 495 g/mol. The number of nitrogens with one attached hydrogen (secondary N) is 2. The van der Waals surface area contributed by atoms with Crippen molar-refractivity contribution in [3.05, 3.63) is 40.0 Å².